The van der Waals surface area contributed by atoms with E-state index in [1.807, 2.05) is 30.3 Å². The first kappa shape index (κ1) is 19.9. The molecule has 0 bridgehead atoms. The number of para-hydroxylation sites is 1. The average molecular weight is 409 g/mol. The number of carbonyl (C=O) groups excluding carboxylic acids is 1. The number of halogens is 2. The van der Waals surface area contributed by atoms with Gasteiger partial charge in [0.2, 0.25) is 0 Å². The van der Waals surface area contributed by atoms with Crippen LogP contribution in [0.4, 0.5) is 8.78 Å². The summed E-state index contributed by atoms with van der Waals surface area (Å²) in [6, 6.07) is 19.7. The van der Waals surface area contributed by atoms with E-state index in [2.05, 4.69) is 0 Å². The van der Waals surface area contributed by atoms with Gasteiger partial charge in [-0.25, -0.2) is 8.78 Å². The summed E-state index contributed by atoms with van der Waals surface area (Å²) in [6.07, 6.45) is 0.950. The molecule has 6 heteroatoms. The van der Waals surface area contributed by atoms with E-state index in [0.29, 0.717) is 37.2 Å². The molecule has 154 valence electrons. The molecule has 0 unspecified atom stereocenters. The third-order valence-electron chi connectivity index (χ3n) is 5.00. The lowest BCUT2D eigenvalue weighted by Gasteiger charge is -2.32. The Morgan fingerprint density at radius 2 is 1.53 bits per heavy atom. The molecular weight excluding hydrogens is 388 g/mol. The summed E-state index contributed by atoms with van der Waals surface area (Å²) in [7, 11) is 0. The van der Waals surface area contributed by atoms with Crippen LogP contribution in [0.2, 0.25) is 0 Å². The monoisotopic (exact) mass is 409 g/mol. The third kappa shape index (κ3) is 4.76. The SMILES string of the molecule is O=C(c1ccc(Oc2ccccc2)cc1)N1CCC(Oc2ccc(F)cc2F)CC1. The quantitative estimate of drug-likeness (QED) is 0.563. The molecule has 1 amide bonds. The molecule has 3 aromatic rings. The maximum absolute atomic E-state index is 13.8. The lowest BCUT2D eigenvalue weighted by molar-refractivity contribution is 0.0588. The highest BCUT2D eigenvalue weighted by Gasteiger charge is 2.25. The van der Waals surface area contributed by atoms with E-state index in [1.165, 1.54) is 12.1 Å². The highest BCUT2D eigenvalue weighted by molar-refractivity contribution is 5.94. The van der Waals surface area contributed by atoms with Crippen LogP contribution < -0.4 is 9.47 Å². The minimum Gasteiger partial charge on any atom is -0.487 e. The maximum atomic E-state index is 13.8. The predicted molar refractivity (Wildman–Crippen MR) is 109 cm³/mol. The normalized spacial score (nSPS) is 14.4. The lowest BCUT2D eigenvalue weighted by Crippen LogP contribution is -2.41. The second-order valence-corrected chi connectivity index (χ2v) is 7.12. The molecule has 0 N–H and O–H groups in total. The highest BCUT2D eigenvalue weighted by atomic mass is 19.1. The first-order valence-electron chi connectivity index (χ1n) is 9.82. The van der Waals surface area contributed by atoms with Crippen LogP contribution in [0.3, 0.4) is 0 Å². The minimum absolute atomic E-state index is 0.0372. The zero-order chi connectivity index (χ0) is 20.9. The molecule has 4 rings (SSSR count). The van der Waals surface area contributed by atoms with Gasteiger partial charge < -0.3 is 14.4 Å². The van der Waals surface area contributed by atoms with Gasteiger partial charge in [-0.1, -0.05) is 18.2 Å². The average Bonchev–Trinajstić information content (AvgIpc) is 2.77. The number of hydrogen-bond acceptors (Lipinski definition) is 3. The molecule has 3 aromatic carbocycles. The maximum Gasteiger partial charge on any atom is 0.253 e. The van der Waals surface area contributed by atoms with Crippen LogP contribution in [-0.4, -0.2) is 30.0 Å². The van der Waals surface area contributed by atoms with E-state index in [1.54, 1.807) is 29.2 Å². The Balaban J connectivity index is 1.31. The molecule has 0 saturated carbocycles. The van der Waals surface area contributed by atoms with Gasteiger partial charge >= 0.3 is 0 Å². The number of rotatable bonds is 5. The molecular formula is C24H21F2NO3. The van der Waals surface area contributed by atoms with E-state index in [4.69, 9.17) is 9.47 Å². The second kappa shape index (κ2) is 8.95. The number of piperidine rings is 1. The van der Waals surface area contributed by atoms with Crippen LogP contribution in [0.1, 0.15) is 23.2 Å². The molecule has 30 heavy (non-hydrogen) atoms. The Bertz CT molecular complexity index is 1000. The number of nitrogens with zero attached hydrogens (tertiary/aromatic N) is 1. The number of carbonyl (C=O) groups is 1. The van der Waals surface area contributed by atoms with Gasteiger partial charge in [-0.05, 0) is 48.5 Å². The second-order valence-electron chi connectivity index (χ2n) is 7.12. The van der Waals surface area contributed by atoms with Crippen LogP contribution in [0.5, 0.6) is 17.2 Å². The molecule has 4 nitrogen and oxygen atoms in total. The zero-order valence-corrected chi connectivity index (χ0v) is 16.3. The Hall–Kier alpha value is -3.41. The summed E-state index contributed by atoms with van der Waals surface area (Å²) in [4.78, 5) is 14.5. The summed E-state index contributed by atoms with van der Waals surface area (Å²) < 4.78 is 38.2. The number of benzene rings is 3. The van der Waals surface area contributed by atoms with Gasteiger partial charge in [-0.3, -0.25) is 4.79 Å². The van der Waals surface area contributed by atoms with E-state index in [0.717, 1.165) is 11.8 Å². The molecule has 1 aliphatic heterocycles. The van der Waals surface area contributed by atoms with Gasteiger partial charge in [-0.2, -0.15) is 0 Å². The molecule has 1 fully saturated rings. The van der Waals surface area contributed by atoms with Gasteiger partial charge in [0.1, 0.15) is 23.4 Å². The Labute approximate surface area is 173 Å². The molecule has 1 aliphatic rings. The summed E-state index contributed by atoms with van der Waals surface area (Å²) >= 11 is 0. The van der Waals surface area contributed by atoms with Crippen molar-refractivity contribution < 1.29 is 23.0 Å². The number of amides is 1. The van der Waals surface area contributed by atoms with Crippen molar-refractivity contribution in [3.05, 3.63) is 90.0 Å². The van der Waals surface area contributed by atoms with Crippen LogP contribution in [-0.2, 0) is 0 Å². The van der Waals surface area contributed by atoms with Crippen molar-refractivity contribution in [3.63, 3.8) is 0 Å². The molecule has 0 spiro atoms. The fourth-order valence-corrected chi connectivity index (χ4v) is 3.40. The smallest absolute Gasteiger partial charge is 0.253 e. The first-order valence-corrected chi connectivity index (χ1v) is 9.82. The van der Waals surface area contributed by atoms with Crippen LogP contribution >= 0.6 is 0 Å². The van der Waals surface area contributed by atoms with Crippen LogP contribution in [0.25, 0.3) is 0 Å². The van der Waals surface area contributed by atoms with E-state index in [-0.39, 0.29) is 17.8 Å². The van der Waals surface area contributed by atoms with Gasteiger partial charge in [-0.15, -0.1) is 0 Å². The van der Waals surface area contributed by atoms with Crippen molar-refractivity contribution >= 4 is 5.91 Å². The largest absolute Gasteiger partial charge is 0.487 e. The van der Waals surface area contributed by atoms with Crippen molar-refractivity contribution in [1.29, 1.82) is 0 Å². The number of ether oxygens (including phenoxy) is 2. The zero-order valence-electron chi connectivity index (χ0n) is 16.3. The van der Waals surface area contributed by atoms with Gasteiger partial charge in [0.25, 0.3) is 5.91 Å². The lowest BCUT2D eigenvalue weighted by atomic mass is 10.1. The van der Waals surface area contributed by atoms with E-state index < -0.39 is 11.6 Å². The first-order chi connectivity index (χ1) is 14.6. The highest BCUT2D eigenvalue weighted by Crippen LogP contribution is 2.25. The minimum atomic E-state index is -0.716. The van der Waals surface area contributed by atoms with Gasteiger partial charge in [0.05, 0.1) is 0 Å². The Morgan fingerprint density at radius 1 is 0.867 bits per heavy atom. The van der Waals surface area contributed by atoms with Crippen LogP contribution in [0.15, 0.2) is 72.8 Å². The predicted octanol–water partition coefficient (Wildman–Crippen LogP) is 5.44. The van der Waals surface area contributed by atoms with Gasteiger partial charge in [0.15, 0.2) is 11.6 Å². The summed E-state index contributed by atoms with van der Waals surface area (Å²) in [5.41, 5.74) is 0.583. The molecule has 0 atom stereocenters. The van der Waals surface area contributed by atoms with Crippen LogP contribution in [0, 0.1) is 11.6 Å². The van der Waals surface area contributed by atoms with Crippen molar-refractivity contribution in [2.24, 2.45) is 0 Å². The van der Waals surface area contributed by atoms with Crippen molar-refractivity contribution in [2.45, 2.75) is 18.9 Å². The topological polar surface area (TPSA) is 38.8 Å². The summed E-state index contributed by atoms with van der Waals surface area (Å²) in [6.45, 7) is 1.02. The van der Waals surface area contributed by atoms with E-state index >= 15 is 0 Å². The Kier molecular flexibility index (Phi) is 5.93. The fraction of sp³-hybridized carbons (Fsp3) is 0.208. The summed E-state index contributed by atoms with van der Waals surface area (Å²) in [5.74, 6) is 0.0112. The summed E-state index contributed by atoms with van der Waals surface area (Å²) in [5, 5.41) is 0. The number of likely N-dealkylation sites (tertiary alicyclic amines) is 1. The molecule has 0 aliphatic carbocycles. The van der Waals surface area contributed by atoms with E-state index in [9.17, 15) is 13.6 Å². The third-order valence-corrected chi connectivity index (χ3v) is 5.00. The van der Waals surface area contributed by atoms with Crippen molar-refractivity contribution in [2.75, 3.05) is 13.1 Å². The van der Waals surface area contributed by atoms with Crippen molar-refractivity contribution in [3.8, 4) is 17.2 Å². The molecule has 1 saturated heterocycles. The number of hydrogen-bond donors (Lipinski definition) is 0. The molecule has 1 heterocycles. The molecule has 0 aromatic heterocycles. The Morgan fingerprint density at radius 3 is 2.20 bits per heavy atom. The standard InChI is InChI=1S/C24H21F2NO3/c25-18-8-11-23(22(26)16-18)30-21-12-14-27(15-13-21)24(28)17-6-9-20(10-7-17)29-19-4-2-1-3-5-19/h1-11,16,21H,12-15H2. The van der Waals surface area contributed by atoms with Gasteiger partial charge in [0, 0.05) is 37.6 Å². The van der Waals surface area contributed by atoms with Crippen molar-refractivity contribution in [1.82, 2.24) is 4.90 Å². The fourth-order valence-electron chi connectivity index (χ4n) is 3.40. The molecule has 0 radical (unpaired) electrons.